The van der Waals surface area contributed by atoms with E-state index in [-0.39, 0.29) is 0 Å². The maximum atomic E-state index is 4.84. The molecule has 3 aromatic rings. The van der Waals surface area contributed by atoms with E-state index in [9.17, 15) is 0 Å². The van der Waals surface area contributed by atoms with Crippen LogP contribution in [0.4, 0.5) is 0 Å². The van der Waals surface area contributed by atoms with Crippen molar-refractivity contribution in [2.24, 2.45) is 0 Å². The van der Waals surface area contributed by atoms with Gasteiger partial charge in [0.1, 0.15) is 5.65 Å². The first-order chi connectivity index (χ1) is 12.3. The first kappa shape index (κ1) is 15.1. The van der Waals surface area contributed by atoms with E-state index in [0.29, 0.717) is 6.04 Å². The molecule has 4 nitrogen and oxygen atoms in total. The molecule has 1 saturated heterocycles. The van der Waals surface area contributed by atoms with E-state index in [1.54, 1.807) is 5.56 Å². The van der Waals surface area contributed by atoms with Crippen LogP contribution in [0.1, 0.15) is 41.4 Å². The molecule has 0 aromatic carbocycles. The van der Waals surface area contributed by atoms with E-state index in [4.69, 9.17) is 4.98 Å². The Balaban J connectivity index is 1.61. The molecule has 0 spiro atoms. The van der Waals surface area contributed by atoms with Gasteiger partial charge >= 0.3 is 0 Å². The second kappa shape index (κ2) is 5.95. The predicted molar refractivity (Wildman–Crippen MR) is 99.7 cm³/mol. The van der Waals surface area contributed by atoms with Gasteiger partial charge in [-0.1, -0.05) is 6.07 Å². The number of fused-ring (bicyclic) bond motifs is 5. The summed E-state index contributed by atoms with van der Waals surface area (Å²) in [5.41, 5.74) is 6.67. The normalized spacial score (nSPS) is 20.0. The molecule has 0 radical (unpaired) electrons. The largest absolute Gasteiger partial charge is 0.329 e. The van der Waals surface area contributed by atoms with Crippen LogP contribution < -0.4 is 0 Å². The maximum absolute atomic E-state index is 4.84. The summed E-state index contributed by atoms with van der Waals surface area (Å²) in [5, 5.41) is 1.38. The first-order valence-electron chi connectivity index (χ1n) is 9.43. The predicted octanol–water partition coefficient (Wildman–Crippen LogP) is 3.68. The molecule has 3 aromatic heterocycles. The van der Waals surface area contributed by atoms with Crippen molar-refractivity contribution in [3.63, 3.8) is 0 Å². The third-order valence-electron chi connectivity index (χ3n) is 5.84. The third kappa shape index (κ3) is 2.47. The number of nitrogens with zero attached hydrogens (tertiary/aromatic N) is 4. The van der Waals surface area contributed by atoms with Gasteiger partial charge in [-0.25, -0.2) is 4.98 Å². The van der Waals surface area contributed by atoms with E-state index >= 15 is 0 Å². The summed E-state index contributed by atoms with van der Waals surface area (Å²) in [6.07, 6.45) is 8.61. The Labute approximate surface area is 148 Å². The minimum atomic E-state index is 0.603. The van der Waals surface area contributed by atoms with Crippen LogP contribution in [-0.4, -0.2) is 32.5 Å². The Morgan fingerprint density at radius 1 is 1.20 bits per heavy atom. The van der Waals surface area contributed by atoms with Crippen molar-refractivity contribution in [1.29, 1.82) is 0 Å². The second-order valence-electron chi connectivity index (χ2n) is 7.41. The van der Waals surface area contributed by atoms with Crippen LogP contribution in [0, 0.1) is 6.92 Å². The van der Waals surface area contributed by atoms with Gasteiger partial charge in [-0.15, -0.1) is 0 Å². The van der Waals surface area contributed by atoms with Gasteiger partial charge in [0.15, 0.2) is 0 Å². The van der Waals surface area contributed by atoms with Crippen LogP contribution in [0.5, 0.6) is 0 Å². The van der Waals surface area contributed by atoms with Gasteiger partial charge in [-0.2, -0.15) is 0 Å². The molecule has 0 aliphatic carbocycles. The fourth-order valence-electron chi connectivity index (χ4n) is 4.73. The minimum absolute atomic E-state index is 0.603. The SMILES string of the molecule is Cc1cnc2c(c1)c1c(n2CCc2ccccn2)CCN2CCCC12. The van der Waals surface area contributed by atoms with Crippen LogP contribution in [0.25, 0.3) is 11.0 Å². The van der Waals surface area contributed by atoms with Gasteiger partial charge in [0.05, 0.1) is 0 Å². The van der Waals surface area contributed by atoms with Gasteiger partial charge in [-0.3, -0.25) is 9.88 Å². The molecule has 0 amide bonds. The van der Waals surface area contributed by atoms with Crippen molar-refractivity contribution in [2.45, 2.75) is 45.2 Å². The molecule has 1 atom stereocenters. The smallest absolute Gasteiger partial charge is 0.140 e. The molecule has 1 unspecified atom stereocenters. The summed E-state index contributed by atoms with van der Waals surface area (Å²) in [6, 6.07) is 9.12. The van der Waals surface area contributed by atoms with Crippen LogP contribution in [0.3, 0.4) is 0 Å². The highest BCUT2D eigenvalue weighted by molar-refractivity contribution is 5.84. The zero-order valence-corrected chi connectivity index (χ0v) is 14.8. The van der Waals surface area contributed by atoms with Crippen LogP contribution in [0.15, 0.2) is 36.7 Å². The molecule has 0 bridgehead atoms. The quantitative estimate of drug-likeness (QED) is 0.734. The van der Waals surface area contributed by atoms with Gasteiger partial charge < -0.3 is 4.57 Å². The van der Waals surface area contributed by atoms with Gasteiger partial charge in [-0.05, 0) is 55.6 Å². The van der Waals surface area contributed by atoms with Crippen LogP contribution in [0.2, 0.25) is 0 Å². The summed E-state index contributed by atoms with van der Waals surface area (Å²) < 4.78 is 2.48. The number of aromatic nitrogens is 3. The number of hydrogen-bond donors (Lipinski definition) is 0. The van der Waals surface area contributed by atoms with E-state index in [1.165, 1.54) is 48.2 Å². The molecule has 0 N–H and O–H groups in total. The summed E-state index contributed by atoms with van der Waals surface area (Å²) in [4.78, 5) is 12.0. The van der Waals surface area contributed by atoms with Crippen LogP contribution >= 0.6 is 0 Å². The van der Waals surface area contributed by atoms with Crippen molar-refractivity contribution < 1.29 is 0 Å². The molecule has 2 aliphatic rings. The standard InChI is InChI=1S/C21H24N4/c1-15-13-17-20-18-6-4-10-24(18)11-8-19(20)25(21(17)23-14-15)12-7-16-5-2-3-9-22-16/h2-3,5,9,13-14,18H,4,6-8,10-12H2,1H3. The van der Waals surface area contributed by atoms with Crippen molar-refractivity contribution in [2.75, 3.05) is 13.1 Å². The monoisotopic (exact) mass is 332 g/mol. The minimum Gasteiger partial charge on any atom is -0.329 e. The lowest BCUT2D eigenvalue weighted by Crippen LogP contribution is -2.31. The Hall–Kier alpha value is -2.20. The van der Waals surface area contributed by atoms with Crippen molar-refractivity contribution >= 4 is 11.0 Å². The first-order valence-corrected chi connectivity index (χ1v) is 9.43. The summed E-state index contributed by atoms with van der Waals surface area (Å²) >= 11 is 0. The highest BCUT2D eigenvalue weighted by Crippen LogP contribution is 2.42. The van der Waals surface area contributed by atoms with E-state index in [2.05, 4.69) is 39.6 Å². The highest BCUT2D eigenvalue weighted by atomic mass is 15.2. The third-order valence-corrected chi connectivity index (χ3v) is 5.84. The molecule has 5 rings (SSSR count). The van der Waals surface area contributed by atoms with Crippen molar-refractivity contribution in [1.82, 2.24) is 19.4 Å². The number of hydrogen-bond acceptors (Lipinski definition) is 3. The Morgan fingerprint density at radius 3 is 3.04 bits per heavy atom. The summed E-state index contributed by atoms with van der Waals surface area (Å²) in [7, 11) is 0. The maximum Gasteiger partial charge on any atom is 0.140 e. The van der Waals surface area contributed by atoms with Crippen LogP contribution in [-0.2, 0) is 19.4 Å². The Morgan fingerprint density at radius 2 is 2.16 bits per heavy atom. The molecule has 0 saturated carbocycles. The summed E-state index contributed by atoms with van der Waals surface area (Å²) in [6.45, 7) is 5.56. The van der Waals surface area contributed by atoms with Gasteiger partial charge in [0.25, 0.3) is 0 Å². The van der Waals surface area contributed by atoms with Gasteiger partial charge in [0.2, 0.25) is 0 Å². The number of aryl methyl sites for hydroxylation is 3. The molecular formula is C21H24N4. The number of pyridine rings is 2. The lowest BCUT2D eigenvalue weighted by atomic mass is 9.96. The second-order valence-corrected chi connectivity index (χ2v) is 7.41. The molecule has 2 aliphatic heterocycles. The molecule has 4 heteroatoms. The Kier molecular flexibility index (Phi) is 3.59. The van der Waals surface area contributed by atoms with E-state index < -0.39 is 0 Å². The zero-order chi connectivity index (χ0) is 16.8. The van der Waals surface area contributed by atoms with E-state index in [0.717, 1.165) is 25.1 Å². The van der Waals surface area contributed by atoms with Crippen molar-refractivity contribution in [3.8, 4) is 0 Å². The lowest BCUT2D eigenvalue weighted by molar-refractivity contribution is 0.242. The Bertz CT molecular complexity index is 913. The van der Waals surface area contributed by atoms with Crippen molar-refractivity contribution in [3.05, 3.63) is 59.2 Å². The fourth-order valence-corrected chi connectivity index (χ4v) is 4.73. The summed E-state index contributed by atoms with van der Waals surface area (Å²) in [5.74, 6) is 0. The molecule has 1 fully saturated rings. The number of rotatable bonds is 3. The topological polar surface area (TPSA) is 34.0 Å². The van der Waals surface area contributed by atoms with E-state index in [1.807, 2.05) is 18.5 Å². The highest BCUT2D eigenvalue weighted by Gasteiger charge is 2.35. The lowest BCUT2D eigenvalue weighted by Gasteiger charge is -2.30. The molecule has 5 heterocycles. The average molecular weight is 332 g/mol. The van der Waals surface area contributed by atoms with Gasteiger partial charge in [0, 0.05) is 61.1 Å². The molecule has 25 heavy (non-hydrogen) atoms. The average Bonchev–Trinajstić information content (AvgIpc) is 3.22. The fraction of sp³-hybridized carbons (Fsp3) is 0.429. The zero-order valence-electron chi connectivity index (χ0n) is 14.8. The molecule has 128 valence electrons. The molecular weight excluding hydrogens is 308 g/mol.